The van der Waals surface area contributed by atoms with Crippen molar-refractivity contribution in [1.82, 2.24) is 0 Å². The normalized spacial score (nSPS) is 12.8. The van der Waals surface area contributed by atoms with Gasteiger partial charge >= 0.3 is 0 Å². The van der Waals surface area contributed by atoms with E-state index in [0.29, 0.717) is 6.61 Å². The van der Waals surface area contributed by atoms with Crippen molar-refractivity contribution < 1.29 is 4.74 Å². The van der Waals surface area contributed by atoms with Crippen LogP contribution in [0.25, 0.3) is 6.08 Å². The Morgan fingerprint density at radius 3 is 2.59 bits per heavy atom. The molecule has 0 fully saturated rings. The summed E-state index contributed by atoms with van der Waals surface area (Å²) in [5, 5.41) is 0. The van der Waals surface area contributed by atoms with E-state index >= 15 is 0 Å². The Bertz CT molecular complexity index is 351. The Hall–Kier alpha value is -1.34. The second-order valence-corrected chi connectivity index (χ2v) is 4.13. The van der Waals surface area contributed by atoms with Gasteiger partial charge < -0.3 is 4.74 Å². The molecule has 0 spiro atoms. The molecule has 1 unspecified atom stereocenters. The van der Waals surface area contributed by atoms with Gasteiger partial charge in [-0.05, 0) is 18.4 Å². The van der Waals surface area contributed by atoms with Gasteiger partial charge in [0.25, 0.3) is 0 Å². The lowest BCUT2D eigenvalue weighted by atomic mass is 10.1. The molecule has 0 heterocycles. The van der Waals surface area contributed by atoms with Crippen LogP contribution in [0.15, 0.2) is 48.6 Å². The lowest BCUT2D eigenvalue weighted by molar-refractivity contribution is 0.101. The largest absolute Gasteiger partial charge is 0.370 e. The number of ether oxygens (including phenoxy) is 1. The van der Waals surface area contributed by atoms with Crippen molar-refractivity contribution in [2.24, 2.45) is 0 Å². The highest BCUT2D eigenvalue weighted by Gasteiger charge is 2.02. The van der Waals surface area contributed by atoms with Crippen molar-refractivity contribution in [3.05, 3.63) is 54.1 Å². The van der Waals surface area contributed by atoms with Crippen LogP contribution in [0.2, 0.25) is 0 Å². The summed E-state index contributed by atoms with van der Waals surface area (Å²) in [7, 11) is 0. The molecule has 0 bridgehead atoms. The van der Waals surface area contributed by atoms with Crippen molar-refractivity contribution in [1.29, 1.82) is 0 Å². The third-order valence-corrected chi connectivity index (χ3v) is 2.71. The van der Waals surface area contributed by atoms with Gasteiger partial charge in [0.1, 0.15) is 0 Å². The molecular weight excluding hydrogens is 208 g/mol. The van der Waals surface area contributed by atoms with E-state index in [4.69, 9.17) is 4.74 Å². The van der Waals surface area contributed by atoms with Crippen LogP contribution in [0.3, 0.4) is 0 Å². The standard InChI is InChI=1S/C16H22O/c1-4-14(3)13-17-16(5-2)12-11-15-9-7-6-8-10-15/h6-12,16H,3-5,13H2,1-2H3/b12-11+. The van der Waals surface area contributed by atoms with Gasteiger partial charge in [0, 0.05) is 0 Å². The van der Waals surface area contributed by atoms with Gasteiger partial charge in [-0.15, -0.1) is 0 Å². The first-order chi connectivity index (χ1) is 8.26. The molecule has 1 rings (SSSR count). The fourth-order valence-electron chi connectivity index (χ4n) is 1.42. The number of hydrogen-bond acceptors (Lipinski definition) is 1. The van der Waals surface area contributed by atoms with Gasteiger partial charge in [0.15, 0.2) is 0 Å². The average Bonchev–Trinajstić information content (AvgIpc) is 2.39. The molecule has 1 aromatic rings. The molecule has 0 aliphatic carbocycles. The fourth-order valence-corrected chi connectivity index (χ4v) is 1.42. The van der Waals surface area contributed by atoms with Crippen molar-refractivity contribution in [2.75, 3.05) is 6.61 Å². The summed E-state index contributed by atoms with van der Waals surface area (Å²) in [6.07, 6.45) is 6.39. The Morgan fingerprint density at radius 1 is 1.29 bits per heavy atom. The predicted molar refractivity (Wildman–Crippen MR) is 74.9 cm³/mol. The topological polar surface area (TPSA) is 9.23 Å². The van der Waals surface area contributed by atoms with E-state index in [2.05, 4.69) is 44.7 Å². The van der Waals surface area contributed by atoms with E-state index in [1.807, 2.05) is 18.2 Å². The van der Waals surface area contributed by atoms with Crippen molar-refractivity contribution in [3.8, 4) is 0 Å². The highest BCUT2D eigenvalue weighted by Crippen LogP contribution is 2.08. The second-order valence-electron chi connectivity index (χ2n) is 4.13. The minimum atomic E-state index is 0.179. The molecule has 0 aromatic heterocycles. The predicted octanol–water partition coefficient (Wildman–Crippen LogP) is 4.46. The number of hydrogen-bond donors (Lipinski definition) is 0. The van der Waals surface area contributed by atoms with Crippen molar-refractivity contribution >= 4 is 6.08 Å². The first-order valence-corrected chi connectivity index (χ1v) is 6.27. The van der Waals surface area contributed by atoms with Crippen LogP contribution >= 0.6 is 0 Å². The summed E-state index contributed by atoms with van der Waals surface area (Å²) in [6.45, 7) is 8.85. The van der Waals surface area contributed by atoms with E-state index in [0.717, 1.165) is 18.4 Å². The summed E-state index contributed by atoms with van der Waals surface area (Å²) in [5.74, 6) is 0. The maximum atomic E-state index is 5.78. The van der Waals surface area contributed by atoms with Gasteiger partial charge in [0.2, 0.25) is 0 Å². The summed E-state index contributed by atoms with van der Waals surface area (Å²) >= 11 is 0. The molecule has 1 aromatic carbocycles. The monoisotopic (exact) mass is 230 g/mol. The Labute approximate surface area is 105 Å². The smallest absolute Gasteiger partial charge is 0.0760 e. The first kappa shape index (κ1) is 13.7. The minimum absolute atomic E-state index is 0.179. The SMILES string of the molecule is C=C(CC)COC(/C=C/c1ccccc1)CC. The van der Waals surface area contributed by atoms with E-state index in [1.165, 1.54) is 5.56 Å². The first-order valence-electron chi connectivity index (χ1n) is 6.27. The van der Waals surface area contributed by atoms with Crippen LogP contribution in [0.4, 0.5) is 0 Å². The molecule has 17 heavy (non-hydrogen) atoms. The van der Waals surface area contributed by atoms with Gasteiger partial charge in [-0.2, -0.15) is 0 Å². The Kier molecular flexibility index (Phi) is 6.34. The molecule has 0 aliphatic heterocycles. The molecule has 1 heteroatoms. The molecule has 0 amide bonds. The van der Waals surface area contributed by atoms with Crippen LogP contribution < -0.4 is 0 Å². The molecule has 0 saturated carbocycles. The fraction of sp³-hybridized carbons (Fsp3) is 0.375. The summed E-state index contributed by atoms with van der Waals surface area (Å²) in [4.78, 5) is 0. The van der Waals surface area contributed by atoms with E-state index in [-0.39, 0.29) is 6.10 Å². The van der Waals surface area contributed by atoms with Gasteiger partial charge in [0.05, 0.1) is 12.7 Å². The summed E-state index contributed by atoms with van der Waals surface area (Å²) in [5.41, 5.74) is 2.36. The quantitative estimate of drug-likeness (QED) is 0.628. The third kappa shape index (κ3) is 5.50. The molecule has 0 radical (unpaired) electrons. The summed E-state index contributed by atoms with van der Waals surface area (Å²) in [6, 6.07) is 10.3. The lowest BCUT2D eigenvalue weighted by Gasteiger charge is -2.12. The highest BCUT2D eigenvalue weighted by molar-refractivity contribution is 5.49. The lowest BCUT2D eigenvalue weighted by Crippen LogP contribution is -2.10. The van der Waals surface area contributed by atoms with Crippen molar-refractivity contribution in [3.63, 3.8) is 0 Å². The van der Waals surface area contributed by atoms with E-state index < -0.39 is 0 Å². The van der Waals surface area contributed by atoms with Crippen LogP contribution in [-0.2, 0) is 4.74 Å². The van der Waals surface area contributed by atoms with Crippen LogP contribution in [0.1, 0.15) is 32.3 Å². The number of rotatable bonds is 7. The molecule has 0 aliphatic rings. The zero-order chi connectivity index (χ0) is 12.5. The van der Waals surface area contributed by atoms with E-state index in [1.54, 1.807) is 0 Å². The van der Waals surface area contributed by atoms with Gasteiger partial charge in [-0.3, -0.25) is 0 Å². The molecule has 92 valence electrons. The van der Waals surface area contributed by atoms with Crippen molar-refractivity contribution in [2.45, 2.75) is 32.8 Å². The summed E-state index contributed by atoms with van der Waals surface area (Å²) < 4.78 is 5.78. The van der Waals surface area contributed by atoms with Crippen LogP contribution in [-0.4, -0.2) is 12.7 Å². The minimum Gasteiger partial charge on any atom is -0.370 e. The number of benzene rings is 1. The molecular formula is C16H22O. The maximum absolute atomic E-state index is 5.78. The molecule has 0 saturated heterocycles. The highest BCUT2D eigenvalue weighted by atomic mass is 16.5. The molecule has 1 nitrogen and oxygen atoms in total. The zero-order valence-electron chi connectivity index (χ0n) is 10.9. The second kappa shape index (κ2) is 7.86. The van der Waals surface area contributed by atoms with Crippen LogP contribution in [0, 0.1) is 0 Å². The molecule has 1 atom stereocenters. The van der Waals surface area contributed by atoms with E-state index in [9.17, 15) is 0 Å². The third-order valence-electron chi connectivity index (χ3n) is 2.71. The maximum Gasteiger partial charge on any atom is 0.0760 e. The van der Waals surface area contributed by atoms with Gasteiger partial charge in [-0.25, -0.2) is 0 Å². The zero-order valence-corrected chi connectivity index (χ0v) is 10.9. The Morgan fingerprint density at radius 2 is 2.00 bits per heavy atom. The molecule has 0 N–H and O–H groups in total. The van der Waals surface area contributed by atoms with Gasteiger partial charge in [-0.1, -0.05) is 68.5 Å². The van der Waals surface area contributed by atoms with Crippen LogP contribution in [0.5, 0.6) is 0 Å². The Balaban J connectivity index is 2.46. The average molecular weight is 230 g/mol.